The first-order valence-electron chi connectivity index (χ1n) is 32.0. The van der Waals surface area contributed by atoms with Crippen LogP contribution in [-0.4, -0.2) is 47.4 Å². The number of nitrogens with one attached hydrogen (secondary N) is 1. The molecule has 6 heteroatoms. The van der Waals surface area contributed by atoms with Gasteiger partial charge in [-0.25, -0.2) is 0 Å². The molecule has 0 aliphatic heterocycles. The highest BCUT2D eigenvalue weighted by molar-refractivity contribution is 5.76. The topological polar surface area (TPSA) is 95.9 Å². The summed E-state index contributed by atoms with van der Waals surface area (Å²) < 4.78 is 5.50. The maximum Gasteiger partial charge on any atom is 0.305 e. The molecule has 0 aliphatic carbocycles. The Morgan fingerprint density at radius 3 is 0.971 bits per heavy atom. The van der Waals surface area contributed by atoms with Crippen molar-refractivity contribution in [3.63, 3.8) is 0 Å². The number of carbonyl (C=O) groups is 2. The Balaban J connectivity index is 3.37. The van der Waals surface area contributed by atoms with Crippen LogP contribution in [0.3, 0.4) is 0 Å². The predicted octanol–water partition coefficient (Wildman–Crippen LogP) is 20.0. The number of carbonyl (C=O) groups excluding carboxylic acids is 2. The second kappa shape index (κ2) is 60.2. The lowest BCUT2D eigenvalue weighted by atomic mass is 10.0. The summed E-state index contributed by atoms with van der Waals surface area (Å²) in [4.78, 5) is 24.5. The third kappa shape index (κ3) is 55.9. The molecule has 6 nitrogen and oxygen atoms in total. The quantitative estimate of drug-likeness (QED) is 0.0321. The van der Waals surface area contributed by atoms with Crippen molar-refractivity contribution < 1.29 is 24.5 Å². The standard InChI is InChI=1S/C64H125NO5/c1-3-5-7-9-11-13-15-17-19-30-34-38-42-46-50-54-58-64(69)70-59-55-51-47-43-39-35-31-27-25-23-21-20-22-24-26-29-33-37-41-45-49-53-57-63(68)65-61(60-66)62(67)56-52-48-44-40-36-32-28-18-16-14-12-10-8-6-4-2/h52,56,61-62,66-67H,3-51,53-55,57-60H2,1-2H3,(H,65,68)/b56-52+. The van der Waals surface area contributed by atoms with E-state index in [-0.39, 0.29) is 18.5 Å². The van der Waals surface area contributed by atoms with Crippen LogP contribution < -0.4 is 5.32 Å². The van der Waals surface area contributed by atoms with Crippen LogP contribution in [0.4, 0.5) is 0 Å². The first-order chi connectivity index (χ1) is 34.5. The Labute approximate surface area is 438 Å². The smallest absolute Gasteiger partial charge is 0.305 e. The van der Waals surface area contributed by atoms with Gasteiger partial charge in [-0.15, -0.1) is 0 Å². The van der Waals surface area contributed by atoms with Crippen molar-refractivity contribution in [2.75, 3.05) is 13.2 Å². The number of aliphatic hydroxyl groups excluding tert-OH is 2. The highest BCUT2D eigenvalue weighted by Gasteiger charge is 2.18. The lowest BCUT2D eigenvalue weighted by molar-refractivity contribution is -0.143. The molecule has 0 fully saturated rings. The second-order valence-electron chi connectivity index (χ2n) is 22.1. The maximum absolute atomic E-state index is 12.5. The molecule has 0 radical (unpaired) electrons. The molecule has 0 aromatic carbocycles. The van der Waals surface area contributed by atoms with Gasteiger partial charge in [0, 0.05) is 12.8 Å². The van der Waals surface area contributed by atoms with E-state index in [0.717, 1.165) is 38.5 Å². The molecular weight excluding hydrogens is 863 g/mol. The number of rotatable bonds is 60. The number of ether oxygens (including phenoxy) is 1. The average Bonchev–Trinajstić information content (AvgIpc) is 3.36. The van der Waals surface area contributed by atoms with Gasteiger partial charge in [-0.3, -0.25) is 9.59 Å². The van der Waals surface area contributed by atoms with Crippen LogP contribution in [0.15, 0.2) is 12.2 Å². The summed E-state index contributed by atoms with van der Waals surface area (Å²) in [6, 6.07) is -0.627. The number of hydrogen-bond acceptors (Lipinski definition) is 5. The van der Waals surface area contributed by atoms with Crippen molar-refractivity contribution in [1.82, 2.24) is 5.32 Å². The van der Waals surface area contributed by atoms with Crippen LogP contribution in [0.25, 0.3) is 0 Å². The third-order valence-corrected chi connectivity index (χ3v) is 15.1. The van der Waals surface area contributed by atoms with Crippen molar-refractivity contribution in [2.45, 2.75) is 373 Å². The fourth-order valence-corrected chi connectivity index (χ4v) is 10.2. The molecule has 0 spiro atoms. The monoisotopic (exact) mass is 988 g/mol. The van der Waals surface area contributed by atoms with Crippen LogP contribution in [0, 0.1) is 0 Å². The van der Waals surface area contributed by atoms with Gasteiger partial charge in [-0.2, -0.15) is 0 Å². The molecule has 0 aromatic rings. The SMILES string of the molecule is CCCCCCCCCCCCCCC/C=C/C(O)C(CO)NC(=O)CCCCCCCCCCCCCCCCCCCCCCCCOC(=O)CCCCCCCCCCCCCCCCCC. The van der Waals surface area contributed by atoms with Crippen molar-refractivity contribution >= 4 is 11.9 Å². The summed E-state index contributed by atoms with van der Waals surface area (Å²) in [7, 11) is 0. The van der Waals surface area contributed by atoms with Gasteiger partial charge in [-0.05, 0) is 32.1 Å². The van der Waals surface area contributed by atoms with Gasteiger partial charge in [0.2, 0.25) is 5.91 Å². The molecule has 70 heavy (non-hydrogen) atoms. The molecule has 2 unspecified atom stereocenters. The zero-order valence-corrected chi connectivity index (χ0v) is 47.5. The van der Waals surface area contributed by atoms with Crippen LogP contribution in [0.1, 0.15) is 361 Å². The first-order valence-corrected chi connectivity index (χ1v) is 32.0. The Morgan fingerprint density at radius 1 is 0.386 bits per heavy atom. The fraction of sp³-hybridized carbons (Fsp3) is 0.938. The molecule has 0 aromatic heterocycles. The molecule has 3 N–H and O–H groups in total. The van der Waals surface area contributed by atoms with Crippen LogP contribution >= 0.6 is 0 Å². The summed E-state index contributed by atoms with van der Waals surface area (Å²) in [5.74, 6) is -0.0488. The highest BCUT2D eigenvalue weighted by atomic mass is 16.5. The zero-order valence-electron chi connectivity index (χ0n) is 47.5. The van der Waals surface area contributed by atoms with Gasteiger partial charge in [0.25, 0.3) is 0 Å². The van der Waals surface area contributed by atoms with Gasteiger partial charge in [0.15, 0.2) is 0 Å². The molecule has 0 aliphatic rings. The molecule has 0 heterocycles. The Morgan fingerprint density at radius 2 is 0.657 bits per heavy atom. The largest absolute Gasteiger partial charge is 0.466 e. The summed E-state index contributed by atoms with van der Waals surface area (Å²) in [6.45, 7) is 4.93. The van der Waals surface area contributed by atoms with Gasteiger partial charge in [0.05, 0.1) is 25.4 Å². The predicted molar refractivity (Wildman–Crippen MR) is 306 cm³/mol. The summed E-state index contributed by atoms with van der Waals surface area (Å²) in [5, 5.41) is 23.1. The summed E-state index contributed by atoms with van der Waals surface area (Å²) >= 11 is 0. The van der Waals surface area contributed by atoms with E-state index < -0.39 is 12.1 Å². The Kier molecular flexibility index (Phi) is 59.0. The molecular formula is C64H125NO5. The first kappa shape index (κ1) is 68.6. The van der Waals surface area contributed by atoms with E-state index in [1.54, 1.807) is 6.08 Å². The van der Waals surface area contributed by atoms with E-state index in [4.69, 9.17) is 4.74 Å². The van der Waals surface area contributed by atoms with Crippen LogP contribution in [0.2, 0.25) is 0 Å². The minimum atomic E-state index is -0.843. The fourth-order valence-electron chi connectivity index (χ4n) is 10.2. The van der Waals surface area contributed by atoms with Crippen LogP contribution in [-0.2, 0) is 14.3 Å². The van der Waals surface area contributed by atoms with E-state index in [1.165, 1.54) is 295 Å². The second-order valence-corrected chi connectivity index (χ2v) is 22.1. The van der Waals surface area contributed by atoms with E-state index >= 15 is 0 Å². The molecule has 416 valence electrons. The highest BCUT2D eigenvalue weighted by Crippen LogP contribution is 2.18. The third-order valence-electron chi connectivity index (χ3n) is 15.1. The van der Waals surface area contributed by atoms with Gasteiger partial charge < -0.3 is 20.3 Å². The van der Waals surface area contributed by atoms with Crippen molar-refractivity contribution in [2.24, 2.45) is 0 Å². The molecule has 0 saturated heterocycles. The normalized spacial score (nSPS) is 12.6. The van der Waals surface area contributed by atoms with E-state index in [1.807, 2.05) is 6.08 Å². The maximum atomic E-state index is 12.5. The Hall–Kier alpha value is -1.40. The molecule has 2 atom stereocenters. The Bertz CT molecular complexity index is 1050. The number of allylic oxidation sites excluding steroid dienone is 1. The molecule has 0 saturated carbocycles. The number of amides is 1. The van der Waals surface area contributed by atoms with Crippen molar-refractivity contribution in [1.29, 1.82) is 0 Å². The summed E-state index contributed by atoms with van der Waals surface area (Å²) in [5.41, 5.74) is 0. The van der Waals surface area contributed by atoms with E-state index in [9.17, 15) is 19.8 Å². The summed E-state index contributed by atoms with van der Waals surface area (Å²) in [6.07, 6.45) is 72.6. The lowest BCUT2D eigenvalue weighted by Crippen LogP contribution is -2.45. The van der Waals surface area contributed by atoms with E-state index in [0.29, 0.717) is 19.4 Å². The zero-order chi connectivity index (χ0) is 50.7. The van der Waals surface area contributed by atoms with Crippen molar-refractivity contribution in [3.05, 3.63) is 12.2 Å². The average molecular weight is 989 g/mol. The minimum Gasteiger partial charge on any atom is -0.466 e. The number of unbranched alkanes of at least 4 members (excludes halogenated alkanes) is 49. The number of esters is 1. The molecule has 1 amide bonds. The van der Waals surface area contributed by atoms with Gasteiger partial charge in [-0.1, -0.05) is 328 Å². The lowest BCUT2D eigenvalue weighted by Gasteiger charge is -2.20. The van der Waals surface area contributed by atoms with Gasteiger partial charge in [0.1, 0.15) is 0 Å². The van der Waals surface area contributed by atoms with Gasteiger partial charge >= 0.3 is 5.97 Å². The van der Waals surface area contributed by atoms with Crippen molar-refractivity contribution in [3.8, 4) is 0 Å². The molecule has 0 rings (SSSR count). The molecule has 0 bridgehead atoms. The van der Waals surface area contributed by atoms with E-state index in [2.05, 4.69) is 19.2 Å². The minimum absolute atomic E-state index is 0.0169. The number of aliphatic hydroxyl groups is 2. The number of hydrogen-bond donors (Lipinski definition) is 3. The van der Waals surface area contributed by atoms with Crippen LogP contribution in [0.5, 0.6) is 0 Å².